The number of hydrogen-bond donors (Lipinski definition) is 2. The topological polar surface area (TPSA) is 55.1 Å². The molecule has 3 heteroatoms. The number of nitrogens with two attached hydrogens (primary N) is 1. The lowest BCUT2D eigenvalue weighted by Crippen LogP contribution is -2.43. The molecule has 3 nitrogen and oxygen atoms in total. The summed E-state index contributed by atoms with van der Waals surface area (Å²) >= 11 is 0. The van der Waals surface area contributed by atoms with Crippen LogP contribution in [0, 0.1) is 18.8 Å². The lowest BCUT2D eigenvalue weighted by molar-refractivity contribution is -0.120. The van der Waals surface area contributed by atoms with Gasteiger partial charge in [0.15, 0.2) is 0 Å². The highest BCUT2D eigenvalue weighted by Crippen LogP contribution is 2.32. The second-order valence-corrected chi connectivity index (χ2v) is 5.93. The Morgan fingerprint density at radius 1 is 1.42 bits per heavy atom. The summed E-state index contributed by atoms with van der Waals surface area (Å²) in [7, 11) is 0. The summed E-state index contributed by atoms with van der Waals surface area (Å²) in [6, 6.07) is 7.86. The van der Waals surface area contributed by atoms with Gasteiger partial charge in [0, 0.05) is 5.69 Å². The van der Waals surface area contributed by atoms with Gasteiger partial charge in [-0.1, -0.05) is 31.9 Å². The molecule has 1 aliphatic carbocycles. The summed E-state index contributed by atoms with van der Waals surface area (Å²) in [4.78, 5) is 11.8. The molecule has 0 aromatic heterocycles. The fraction of sp³-hybridized carbons (Fsp3) is 0.562. The number of primary amides is 1. The molecule has 3 unspecified atom stereocenters. The Morgan fingerprint density at radius 3 is 2.84 bits per heavy atom. The minimum atomic E-state index is -0.246. The maximum atomic E-state index is 11.8. The molecule has 0 aliphatic heterocycles. The van der Waals surface area contributed by atoms with Gasteiger partial charge in [-0.05, 0) is 49.3 Å². The molecule has 3 N–H and O–H groups in total. The Kier molecular flexibility index (Phi) is 4.46. The van der Waals surface area contributed by atoms with Gasteiger partial charge in [0.25, 0.3) is 0 Å². The third-order valence-corrected chi connectivity index (χ3v) is 4.10. The zero-order valence-corrected chi connectivity index (χ0v) is 11.9. The largest absolute Gasteiger partial charge is 0.373 e. The van der Waals surface area contributed by atoms with E-state index in [4.69, 9.17) is 5.73 Å². The maximum absolute atomic E-state index is 11.8. The highest BCUT2D eigenvalue weighted by molar-refractivity contribution is 5.83. The fourth-order valence-corrected chi connectivity index (χ4v) is 3.12. The highest BCUT2D eigenvalue weighted by atomic mass is 16.1. The van der Waals surface area contributed by atoms with E-state index >= 15 is 0 Å². The van der Waals surface area contributed by atoms with Crippen molar-refractivity contribution < 1.29 is 4.79 Å². The van der Waals surface area contributed by atoms with Gasteiger partial charge >= 0.3 is 0 Å². The number of anilines is 1. The number of aryl methyl sites for hydroxylation is 1. The van der Waals surface area contributed by atoms with Gasteiger partial charge in [-0.3, -0.25) is 4.79 Å². The van der Waals surface area contributed by atoms with Crippen LogP contribution < -0.4 is 11.1 Å². The molecule has 1 aliphatic rings. The summed E-state index contributed by atoms with van der Waals surface area (Å²) in [5, 5.41) is 3.34. The lowest BCUT2D eigenvalue weighted by atomic mass is 9.78. The fourth-order valence-electron chi connectivity index (χ4n) is 3.12. The van der Waals surface area contributed by atoms with Crippen molar-refractivity contribution in [2.75, 3.05) is 5.32 Å². The van der Waals surface area contributed by atoms with E-state index in [0.717, 1.165) is 18.5 Å². The Labute approximate surface area is 115 Å². The average Bonchev–Trinajstić information content (AvgIpc) is 2.35. The van der Waals surface area contributed by atoms with Crippen molar-refractivity contribution in [3.05, 3.63) is 29.8 Å². The van der Waals surface area contributed by atoms with Crippen molar-refractivity contribution in [3.63, 3.8) is 0 Å². The minimum Gasteiger partial charge on any atom is -0.373 e. The molecular formula is C16H24N2O. The van der Waals surface area contributed by atoms with Crippen LogP contribution in [0.5, 0.6) is 0 Å². The molecule has 1 aromatic rings. The van der Waals surface area contributed by atoms with Crippen LogP contribution in [0.1, 0.15) is 38.2 Å². The zero-order valence-electron chi connectivity index (χ0n) is 11.9. The van der Waals surface area contributed by atoms with Gasteiger partial charge in [0.1, 0.15) is 6.04 Å². The quantitative estimate of drug-likeness (QED) is 0.874. The van der Waals surface area contributed by atoms with Gasteiger partial charge in [-0.15, -0.1) is 0 Å². The van der Waals surface area contributed by atoms with Gasteiger partial charge in [0.2, 0.25) is 5.91 Å². The first kappa shape index (κ1) is 13.9. The predicted octanol–water partition coefficient (Wildman–Crippen LogP) is 3.09. The molecule has 104 valence electrons. The van der Waals surface area contributed by atoms with Crippen molar-refractivity contribution in [1.82, 2.24) is 0 Å². The van der Waals surface area contributed by atoms with Crippen LogP contribution in [0.2, 0.25) is 0 Å². The molecule has 2 rings (SSSR count). The van der Waals surface area contributed by atoms with Crippen molar-refractivity contribution >= 4 is 11.6 Å². The minimum absolute atomic E-state index is 0.236. The molecule has 3 atom stereocenters. The van der Waals surface area contributed by atoms with Gasteiger partial charge in [-0.2, -0.15) is 0 Å². The molecule has 1 fully saturated rings. The number of carbonyl (C=O) groups is 1. The van der Waals surface area contributed by atoms with E-state index in [1.54, 1.807) is 0 Å². The van der Waals surface area contributed by atoms with E-state index in [2.05, 4.69) is 18.3 Å². The average molecular weight is 260 g/mol. The predicted molar refractivity (Wildman–Crippen MR) is 78.9 cm³/mol. The number of amides is 1. The van der Waals surface area contributed by atoms with E-state index in [1.807, 2.05) is 25.1 Å². The molecular weight excluding hydrogens is 236 g/mol. The third-order valence-electron chi connectivity index (χ3n) is 4.10. The summed E-state index contributed by atoms with van der Waals surface area (Å²) in [6.45, 7) is 4.31. The summed E-state index contributed by atoms with van der Waals surface area (Å²) in [6.07, 6.45) is 4.65. The lowest BCUT2D eigenvalue weighted by Gasteiger charge is -2.32. The Hall–Kier alpha value is -1.51. The van der Waals surface area contributed by atoms with Crippen LogP contribution in [-0.2, 0) is 4.79 Å². The highest BCUT2D eigenvalue weighted by Gasteiger charge is 2.30. The Morgan fingerprint density at radius 2 is 2.21 bits per heavy atom. The van der Waals surface area contributed by atoms with Crippen LogP contribution in [-0.4, -0.2) is 11.9 Å². The monoisotopic (exact) mass is 260 g/mol. The van der Waals surface area contributed by atoms with Crippen LogP contribution in [0.15, 0.2) is 24.3 Å². The van der Waals surface area contributed by atoms with Gasteiger partial charge in [-0.25, -0.2) is 0 Å². The molecule has 0 bridgehead atoms. The van der Waals surface area contributed by atoms with Gasteiger partial charge < -0.3 is 11.1 Å². The van der Waals surface area contributed by atoms with Crippen LogP contribution >= 0.6 is 0 Å². The second-order valence-electron chi connectivity index (χ2n) is 5.93. The van der Waals surface area contributed by atoms with E-state index in [1.165, 1.54) is 18.4 Å². The molecule has 0 heterocycles. The normalized spacial score (nSPS) is 24.7. The molecule has 1 aromatic carbocycles. The summed E-state index contributed by atoms with van der Waals surface area (Å²) in [5.41, 5.74) is 7.77. The standard InChI is InChI=1S/C16H24N2O/c1-11-5-3-7-13(9-11)15(16(17)19)18-14-8-4-6-12(2)10-14/h4,6,8,10-11,13,15,18H,3,5,7,9H2,1-2H3,(H2,17,19). The Bertz CT molecular complexity index is 444. The molecule has 0 saturated heterocycles. The number of benzene rings is 1. The smallest absolute Gasteiger partial charge is 0.240 e. The first-order valence-corrected chi connectivity index (χ1v) is 7.19. The number of nitrogens with one attached hydrogen (secondary N) is 1. The van der Waals surface area contributed by atoms with E-state index < -0.39 is 0 Å². The van der Waals surface area contributed by atoms with Crippen LogP contribution in [0.3, 0.4) is 0 Å². The second kappa shape index (κ2) is 6.09. The van der Waals surface area contributed by atoms with Crippen LogP contribution in [0.25, 0.3) is 0 Å². The van der Waals surface area contributed by atoms with Crippen molar-refractivity contribution in [2.45, 2.75) is 45.6 Å². The number of hydrogen-bond acceptors (Lipinski definition) is 2. The van der Waals surface area contributed by atoms with Crippen molar-refractivity contribution in [2.24, 2.45) is 17.6 Å². The molecule has 1 amide bonds. The van der Waals surface area contributed by atoms with E-state index in [-0.39, 0.29) is 11.9 Å². The molecule has 0 spiro atoms. The zero-order chi connectivity index (χ0) is 13.8. The third kappa shape index (κ3) is 3.72. The Balaban J connectivity index is 2.09. The molecule has 19 heavy (non-hydrogen) atoms. The molecule has 1 saturated carbocycles. The van der Waals surface area contributed by atoms with Gasteiger partial charge in [0.05, 0.1) is 0 Å². The first-order chi connectivity index (χ1) is 9.06. The van der Waals surface area contributed by atoms with Crippen molar-refractivity contribution in [3.8, 4) is 0 Å². The van der Waals surface area contributed by atoms with Crippen molar-refractivity contribution in [1.29, 1.82) is 0 Å². The summed E-state index contributed by atoms with van der Waals surface area (Å²) in [5.74, 6) is 0.822. The maximum Gasteiger partial charge on any atom is 0.240 e. The van der Waals surface area contributed by atoms with E-state index in [9.17, 15) is 4.79 Å². The number of rotatable bonds is 4. The summed E-state index contributed by atoms with van der Waals surface area (Å²) < 4.78 is 0. The SMILES string of the molecule is Cc1cccc(NC(C(N)=O)C2CCCC(C)C2)c1. The van der Waals surface area contributed by atoms with Crippen LogP contribution in [0.4, 0.5) is 5.69 Å². The number of carbonyl (C=O) groups excluding carboxylic acids is 1. The molecule has 0 radical (unpaired) electrons. The van der Waals surface area contributed by atoms with E-state index in [0.29, 0.717) is 11.8 Å². The first-order valence-electron chi connectivity index (χ1n) is 7.19.